The van der Waals surface area contributed by atoms with Gasteiger partial charge < -0.3 is 15.0 Å². The number of methoxy groups -OCH3 is 1. The standard InChI is InChI=1S/C13H13ClN2O2/c1-18-12-5-4-9(14)7-11(12)16-13(17)8-10-3-2-6-15-10/h2-7,15H,8H2,1H3,(H,16,17). The minimum atomic E-state index is -0.127. The minimum Gasteiger partial charge on any atom is -0.495 e. The molecule has 2 aromatic rings. The highest BCUT2D eigenvalue weighted by molar-refractivity contribution is 6.31. The Morgan fingerprint density at radius 2 is 2.28 bits per heavy atom. The smallest absolute Gasteiger partial charge is 0.230 e. The van der Waals surface area contributed by atoms with Crippen molar-refractivity contribution in [3.05, 3.63) is 47.2 Å². The number of ether oxygens (including phenoxy) is 1. The van der Waals surface area contributed by atoms with E-state index in [2.05, 4.69) is 10.3 Å². The van der Waals surface area contributed by atoms with E-state index in [9.17, 15) is 4.79 Å². The summed E-state index contributed by atoms with van der Waals surface area (Å²) >= 11 is 5.89. The van der Waals surface area contributed by atoms with Gasteiger partial charge in [-0.15, -0.1) is 0 Å². The molecule has 0 saturated carbocycles. The molecule has 0 aliphatic heterocycles. The molecule has 0 aliphatic rings. The topological polar surface area (TPSA) is 54.1 Å². The third-order valence-electron chi connectivity index (χ3n) is 2.45. The van der Waals surface area contributed by atoms with Gasteiger partial charge in [-0.2, -0.15) is 0 Å². The Bertz CT molecular complexity index is 538. The molecule has 0 bridgehead atoms. The van der Waals surface area contributed by atoms with Crippen molar-refractivity contribution in [2.75, 3.05) is 12.4 Å². The number of halogens is 1. The normalized spacial score (nSPS) is 10.1. The Labute approximate surface area is 110 Å². The summed E-state index contributed by atoms with van der Waals surface area (Å²) in [6, 6.07) is 8.79. The number of H-pyrrole nitrogens is 1. The molecule has 0 spiro atoms. The van der Waals surface area contributed by atoms with Gasteiger partial charge >= 0.3 is 0 Å². The highest BCUT2D eigenvalue weighted by Gasteiger charge is 2.09. The maximum absolute atomic E-state index is 11.8. The second-order valence-electron chi connectivity index (χ2n) is 3.76. The second-order valence-corrected chi connectivity index (χ2v) is 4.20. The molecular weight excluding hydrogens is 252 g/mol. The van der Waals surface area contributed by atoms with Crippen molar-refractivity contribution in [3.63, 3.8) is 0 Å². The number of aromatic nitrogens is 1. The summed E-state index contributed by atoms with van der Waals surface area (Å²) in [7, 11) is 1.55. The van der Waals surface area contributed by atoms with Crippen molar-refractivity contribution in [1.82, 2.24) is 4.98 Å². The van der Waals surface area contributed by atoms with Gasteiger partial charge in [-0.3, -0.25) is 4.79 Å². The van der Waals surface area contributed by atoms with E-state index in [4.69, 9.17) is 16.3 Å². The number of anilines is 1. The lowest BCUT2D eigenvalue weighted by Gasteiger charge is -2.10. The van der Waals surface area contributed by atoms with Gasteiger partial charge in [-0.1, -0.05) is 11.6 Å². The fraction of sp³-hybridized carbons (Fsp3) is 0.154. The summed E-state index contributed by atoms with van der Waals surface area (Å²) in [5.41, 5.74) is 1.43. The third-order valence-corrected chi connectivity index (χ3v) is 2.68. The number of nitrogens with one attached hydrogen (secondary N) is 2. The number of carbonyl (C=O) groups is 1. The van der Waals surface area contributed by atoms with Crippen LogP contribution in [0.5, 0.6) is 5.75 Å². The lowest BCUT2D eigenvalue weighted by Crippen LogP contribution is -2.15. The zero-order valence-electron chi connectivity index (χ0n) is 9.87. The molecule has 0 fully saturated rings. The molecule has 0 aliphatic carbocycles. The summed E-state index contributed by atoms with van der Waals surface area (Å²) in [5, 5.41) is 3.32. The Morgan fingerprint density at radius 1 is 1.44 bits per heavy atom. The van der Waals surface area contributed by atoms with Crippen molar-refractivity contribution in [3.8, 4) is 5.75 Å². The Kier molecular flexibility index (Phi) is 3.89. The molecule has 1 amide bonds. The highest BCUT2D eigenvalue weighted by atomic mass is 35.5. The zero-order valence-corrected chi connectivity index (χ0v) is 10.6. The first-order chi connectivity index (χ1) is 8.69. The van der Waals surface area contributed by atoms with E-state index < -0.39 is 0 Å². The van der Waals surface area contributed by atoms with Crippen LogP contribution in [0.3, 0.4) is 0 Å². The van der Waals surface area contributed by atoms with Crippen LogP contribution in [0.1, 0.15) is 5.69 Å². The number of aromatic amines is 1. The largest absolute Gasteiger partial charge is 0.495 e. The van der Waals surface area contributed by atoms with Crippen molar-refractivity contribution < 1.29 is 9.53 Å². The Hall–Kier alpha value is -1.94. The summed E-state index contributed by atoms with van der Waals surface area (Å²) in [5.74, 6) is 0.456. The number of rotatable bonds is 4. The molecule has 4 nitrogen and oxygen atoms in total. The lowest BCUT2D eigenvalue weighted by atomic mass is 10.2. The monoisotopic (exact) mass is 264 g/mol. The van der Waals surface area contributed by atoms with Crippen LogP contribution < -0.4 is 10.1 Å². The Balaban J connectivity index is 2.08. The average Bonchev–Trinajstić information content (AvgIpc) is 2.82. The molecule has 18 heavy (non-hydrogen) atoms. The molecule has 0 saturated heterocycles. The van der Waals surface area contributed by atoms with Gasteiger partial charge in [-0.05, 0) is 30.3 Å². The first-order valence-corrected chi connectivity index (χ1v) is 5.82. The third kappa shape index (κ3) is 3.05. The van der Waals surface area contributed by atoms with E-state index in [1.807, 2.05) is 12.1 Å². The predicted molar refractivity (Wildman–Crippen MR) is 71.1 cm³/mol. The van der Waals surface area contributed by atoms with Gasteiger partial charge in [0.05, 0.1) is 19.2 Å². The van der Waals surface area contributed by atoms with E-state index >= 15 is 0 Å². The minimum absolute atomic E-state index is 0.127. The fourth-order valence-electron chi connectivity index (χ4n) is 1.62. The Morgan fingerprint density at radius 3 is 2.94 bits per heavy atom. The maximum atomic E-state index is 11.8. The first-order valence-electron chi connectivity index (χ1n) is 5.44. The van der Waals surface area contributed by atoms with Crippen LogP contribution in [0.4, 0.5) is 5.69 Å². The van der Waals surface area contributed by atoms with Crippen molar-refractivity contribution in [1.29, 1.82) is 0 Å². The summed E-state index contributed by atoms with van der Waals surface area (Å²) < 4.78 is 5.16. The first kappa shape index (κ1) is 12.5. The molecule has 0 radical (unpaired) electrons. The molecule has 94 valence electrons. The molecule has 5 heteroatoms. The zero-order chi connectivity index (χ0) is 13.0. The van der Waals surface area contributed by atoms with E-state index in [1.54, 1.807) is 31.5 Å². The summed E-state index contributed by atoms with van der Waals surface area (Å²) in [4.78, 5) is 14.8. The van der Waals surface area contributed by atoms with Gasteiger partial charge in [0.15, 0.2) is 0 Å². The van der Waals surface area contributed by atoms with E-state index in [0.717, 1.165) is 5.69 Å². The number of amides is 1. The van der Waals surface area contributed by atoms with Crippen LogP contribution in [0.25, 0.3) is 0 Å². The van der Waals surface area contributed by atoms with Gasteiger partial charge in [0, 0.05) is 16.9 Å². The summed E-state index contributed by atoms with van der Waals surface area (Å²) in [6.45, 7) is 0. The van der Waals surface area contributed by atoms with Crippen LogP contribution in [0.2, 0.25) is 5.02 Å². The van der Waals surface area contributed by atoms with Crippen LogP contribution in [-0.4, -0.2) is 18.0 Å². The van der Waals surface area contributed by atoms with Crippen molar-refractivity contribution in [2.45, 2.75) is 6.42 Å². The van der Waals surface area contributed by atoms with Gasteiger partial charge in [0.1, 0.15) is 5.75 Å². The van der Waals surface area contributed by atoms with E-state index in [1.165, 1.54) is 0 Å². The van der Waals surface area contributed by atoms with Gasteiger partial charge in [0.25, 0.3) is 0 Å². The quantitative estimate of drug-likeness (QED) is 0.892. The number of hydrogen-bond acceptors (Lipinski definition) is 2. The van der Waals surface area contributed by atoms with Crippen LogP contribution >= 0.6 is 11.6 Å². The molecule has 0 unspecified atom stereocenters. The van der Waals surface area contributed by atoms with E-state index in [0.29, 0.717) is 16.5 Å². The molecule has 1 aromatic carbocycles. The molecule has 2 N–H and O–H groups in total. The number of hydrogen-bond donors (Lipinski definition) is 2. The van der Waals surface area contributed by atoms with Crippen molar-refractivity contribution in [2.24, 2.45) is 0 Å². The second kappa shape index (κ2) is 5.60. The van der Waals surface area contributed by atoms with Gasteiger partial charge in [0.2, 0.25) is 5.91 Å². The SMILES string of the molecule is COc1ccc(Cl)cc1NC(=O)Cc1ccc[nH]1. The van der Waals surface area contributed by atoms with Crippen molar-refractivity contribution >= 4 is 23.2 Å². The maximum Gasteiger partial charge on any atom is 0.230 e. The van der Waals surface area contributed by atoms with Gasteiger partial charge in [-0.25, -0.2) is 0 Å². The van der Waals surface area contributed by atoms with Crippen LogP contribution in [0.15, 0.2) is 36.5 Å². The predicted octanol–water partition coefficient (Wildman–Crippen LogP) is 2.86. The average molecular weight is 265 g/mol. The van der Waals surface area contributed by atoms with E-state index in [-0.39, 0.29) is 12.3 Å². The number of carbonyl (C=O) groups excluding carboxylic acids is 1. The van der Waals surface area contributed by atoms with Crippen LogP contribution in [0, 0.1) is 0 Å². The van der Waals surface area contributed by atoms with Crippen LogP contribution in [-0.2, 0) is 11.2 Å². The molecular formula is C13H13ClN2O2. The number of benzene rings is 1. The lowest BCUT2D eigenvalue weighted by molar-refractivity contribution is -0.115. The fourth-order valence-corrected chi connectivity index (χ4v) is 1.79. The molecule has 1 heterocycles. The molecule has 2 rings (SSSR count). The molecule has 0 atom stereocenters. The highest BCUT2D eigenvalue weighted by Crippen LogP contribution is 2.27. The summed E-state index contributed by atoms with van der Waals surface area (Å²) in [6.07, 6.45) is 2.06. The molecule has 1 aromatic heterocycles.